The average Bonchev–Trinajstić information content (AvgIpc) is 3.16. The highest BCUT2D eigenvalue weighted by Crippen LogP contribution is 2.31. The monoisotopic (exact) mass is 397 g/mol. The van der Waals surface area contributed by atoms with Gasteiger partial charge < -0.3 is 10.1 Å². The molecule has 1 saturated carbocycles. The maximum atomic E-state index is 13.1. The minimum atomic E-state index is -0.184. The average molecular weight is 398 g/mol. The van der Waals surface area contributed by atoms with Crippen LogP contribution in [0.1, 0.15) is 32.1 Å². The van der Waals surface area contributed by atoms with Crippen LogP contribution in [0.15, 0.2) is 40.8 Å². The van der Waals surface area contributed by atoms with E-state index in [0.717, 1.165) is 42.6 Å². The number of fused-ring (bicyclic) bond motifs is 1. The molecule has 1 aliphatic carbocycles. The van der Waals surface area contributed by atoms with Crippen LogP contribution in [0.2, 0.25) is 0 Å². The normalized spacial score (nSPS) is 14.9. The van der Waals surface area contributed by atoms with E-state index in [1.807, 2.05) is 29.6 Å². The summed E-state index contributed by atoms with van der Waals surface area (Å²) in [6.07, 6.45) is 7.04. The van der Waals surface area contributed by atoms with Crippen LogP contribution >= 0.6 is 11.3 Å². The van der Waals surface area contributed by atoms with Crippen LogP contribution < -0.4 is 15.6 Å². The Labute approximate surface area is 167 Å². The highest BCUT2D eigenvalue weighted by Gasteiger charge is 2.18. The molecule has 6 nitrogen and oxygen atoms in total. The zero-order valence-corrected chi connectivity index (χ0v) is 16.6. The summed E-state index contributed by atoms with van der Waals surface area (Å²) in [6, 6.07) is 7.81. The molecule has 1 N–H and O–H groups in total. The summed E-state index contributed by atoms with van der Waals surface area (Å²) in [5, 5.41) is 5.55. The van der Waals surface area contributed by atoms with Crippen molar-refractivity contribution in [3.63, 3.8) is 0 Å². The fraction of sp³-hybridized carbons (Fsp3) is 0.381. The second-order valence-corrected chi connectivity index (χ2v) is 8.00. The summed E-state index contributed by atoms with van der Waals surface area (Å²) in [5.74, 6) is 0.634. The molecule has 0 spiro atoms. The van der Waals surface area contributed by atoms with Gasteiger partial charge in [-0.15, -0.1) is 11.3 Å². The molecule has 146 valence electrons. The smallest absolute Gasteiger partial charge is 0.263 e. The van der Waals surface area contributed by atoms with Crippen molar-refractivity contribution in [1.29, 1.82) is 0 Å². The molecule has 0 bridgehead atoms. The summed E-state index contributed by atoms with van der Waals surface area (Å²) in [6.45, 7) is -0.00380. The van der Waals surface area contributed by atoms with Crippen LogP contribution in [0.5, 0.6) is 5.75 Å². The number of ether oxygens (including phenoxy) is 1. The zero-order chi connectivity index (χ0) is 19.5. The molecule has 0 radical (unpaired) electrons. The van der Waals surface area contributed by atoms with Crippen molar-refractivity contribution >= 4 is 27.5 Å². The minimum Gasteiger partial charge on any atom is -0.497 e. The maximum Gasteiger partial charge on any atom is 0.263 e. The number of amides is 1. The standard InChI is InChI=1S/C21H23N3O3S/c1-27-16-9-7-14(8-10-16)17-12-28-20-19(17)21(26)24(13-22-20)11-18(25)23-15-5-3-2-4-6-15/h7-10,12-13,15H,2-6,11H2,1H3,(H,23,25). The summed E-state index contributed by atoms with van der Waals surface area (Å²) in [4.78, 5) is 30.6. The molecule has 7 heteroatoms. The van der Waals surface area contributed by atoms with Crippen LogP contribution in [0, 0.1) is 0 Å². The van der Waals surface area contributed by atoms with Gasteiger partial charge in [0.2, 0.25) is 5.91 Å². The number of hydrogen-bond acceptors (Lipinski definition) is 5. The van der Waals surface area contributed by atoms with Gasteiger partial charge in [-0.1, -0.05) is 31.4 Å². The summed E-state index contributed by atoms with van der Waals surface area (Å²) in [7, 11) is 1.62. The lowest BCUT2D eigenvalue weighted by Crippen LogP contribution is -2.39. The maximum absolute atomic E-state index is 13.1. The molecular weight excluding hydrogens is 374 g/mol. The molecule has 1 aliphatic rings. The second kappa shape index (κ2) is 8.14. The zero-order valence-electron chi connectivity index (χ0n) is 15.8. The van der Waals surface area contributed by atoms with Gasteiger partial charge in [-0.3, -0.25) is 14.2 Å². The molecule has 2 heterocycles. The fourth-order valence-corrected chi connectivity index (χ4v) is 4.64. The molecule has 0 aliphatic heterocycles. The predicted octanol–water partition coefficient (Wildman–Crippen LogP) is 3.58. The van der Waals surface area contributed by atoms with Crippen LogP contribution in [0.3, 0.4) is 0 Å². The Morgan fingerprint density at radius 2 is 2.00 bits per heavy atom. The van der Waals surface area contributed by atoms with Crippen LogP contribution in [-0.4, -0.2) is 28.6 Å². The van der Waals surface area contributed by atoms with Gasteiger partial charge in [0, 0.05) is 17.0 Å². The Kier molecular flexibility index (Phi) is 5.43. The van der Waals surface area contributed by atoms with E-state index in [2.05, 4.69) is 10.3 Å². The summed E-state index contributed by atoms with van der Waals surface area (Å²) >= 11 is 1.43. The Morgan fingerprint density at radius 3 is 2.71 bits per heavy atom. The second-order valence-electron chi connectivity index (χ2n) is 7.14. The molecule has 2 aromatic heterocycles. The highest BCUT2D eigenvalue weighted by atomic mass is 32.1. The Balaban J connectivity index is 1.60. The largest absolute Gasteiger partial charge is 0.497 e. The molecule has 0 saturated heterocycles. The van der Waals surface area contributed by atoms with Gasteiger partial charge in [-0.2, -0.15) is 0 Å². The molecule has 0 atom stereocenters. The van der Waals surface area contributed by atoms with Crippen molar-refractivity contribution < 1.29 is 9.53 Å². The van der Waals surface area contributed by atoms with E-state index >= 15 is 0 Å². The quantitative estimate of drug-likeness (QED) is 0.714. The third-order valence-corrected chi connectivity index (χ3v) is 6.13. The Bertz CT molecular complexity index is 1030. The highest BCUT2D eigenvalue weighted by molar-refractivity contribution is 7.17. The number of hydrogen-bond donors (Lipinski definition) is 1. The van der Waals surface area contributed by atoms with E-state index < -0.39 is 0 Å². The van der Waals surface area contributed by atoms with Crippen LogP contribution in [0.25, 0.3) is 21.3 Å². The number of nitrogens with one attached hydrogen (secondary N) is 1. The third-order valence-electron chi connectivity index (χ3n) is 5.25. The topological polar surface area (TPSA) is 73.2 Å². The third kappa shape index (κ3) is 3.80. The molecule has 4 rings (SSSR count). The van der Waals surface area contributed by atoms with Crippen molar-refractivity contribution in [3.05, 3.63) is 46.3 Å². The number of thiophene rings is 1. The first-order valence-electron chi connectivity index (χ1n) is 9.56. The van der Waals surface area contributed by atoms with Crippen molar-refractivity contribution in [2.45, 2.75) is 44.7 Å². The van der Waals surface area contributed by atoms with Gasteiger partial charge in [0.15, 0.2) is 0 Å². The molecule has 0 unspecified atom stereocenters. The van der Waals surface area contributed by atoms with Crippen LogP contribution in [0.4, 0.5) is 0 Å². The first-order chi connectivity index (χ1) is 13.7. The van der Waals surface area contributed by atoms with E-state index in [0.29, 0.717) is 10.2 Å². The number of carbonyl (C=O) groups is 1. The van der Waals surface area contributed by atoms with E-state index in [4.69, 9.17) is 4.74 Å². The number of benzene rings is 1. The number of rotatable bonds is 5. The first-order valence-corrected chi connectivity index (χ1v) is 10.4. The number of methoxy groups -OCH3 is 1. The van der Waals surface area contributed by atoms with Crippen molar-refractivity contribution in [3.8, 4) is 16.9 Å². The van der Waals surface area contributed by atoms with E-state index in [1.165, 1.54) is 28.7 Å². The summed E-state index contributed by atoms with van der Waals surface area (Å²) in [5.41, 5.74) is 1.58. The minimum absolute atomic E-state index is 0.00380. The van der Waals surface area contributed by atoms with Gasteiger partial charge in [0.1, 0.15) is 17.1 Å². The molecular formula is C21H23N3O3S. The van der Waals surface area contributed by atoms with E-state index in [1.54, 1.807) is 7.11 Å². The van der Waals surface area contributed by atoms with Gasteiger partial charge in [-0.05, 0) is 30.5 Å². The summed E-state index contributed by atoms with van der Waals surface area (Å²) < 4.78 is 6.61. The lowest BCUT2D eigenvalue weighted by Gasteiger charge is -2.22. The lowest BCUT2D eigenvalue weighted by molar-refractivity contribution is -0.122. The van der Waals surface area contributed by atoms with Crippen molar-refractivity contribution in [2.24, 2.45) is 0 Å². The van der Waals surface area contributed by atoms with E-state index in [-0.39, 0.29) is 24.1 Å². The SMILES string of the molecule is COc1ccc(-c2csc3ncn(CC(=O)NC4CCCCC4)c(=O)c23)cc1. The van der Waals surface area contributed by atoms with Gasteiger partial charge >= 0.3 is 0 Å². The molecule has 1 amide bonds. The van der Waals surface area contributed by atoms with Gasteiger partial charge in [0.05, 0.1) is 18.8 Å². The first kappa shape index (κ1) is 18.7. The molecule has 1 fully saturated rings. The van der Waals surface area contributed by atoms with Crippen molar-refractivity contribution in [2.75, 3.05) is 7.11 Å². The van der Waals surface area contributed by atoms with Crippen LogP contribution in [-0.2, 0) is 11.3 Å². The predicted molar refractivity (Wildman–Crippen MR) is 111 cm³/mol. The number of nitrogens with zero attached hydrogens (tertiary/aromatic N) is 2. The lowest BCUT2D eigenvalue weighted by atomic mass is 9.95. The molecule has 28 heavy (non-hydrogen) atoms. The number of aromatic nitrogens is 2. The van der Waals surface area contributed by atoms with E-state index in [9.17, 15) is 9.59 Å². The van der Waals surface area contributed by atoms with Crippen molar-refractivity contribution in [1.82, 2.24) is 14.9 Å². The van der Waals surface area contributed by atoms with Gasteiger partial charge in [-0.25, -0.2) is 4.98 Å². The fourth-order valence-electron chi connectivity index (χ4n) is 3.74. The Hall–Kier alpha value is -2.67. The number of carbonyl (C=O) groups excluding carboxylic acids is 1. The van der Waals surface area contributed by atoms with Gasteiger partial charge in [0.25, 0.3) is 5.56 Å². The molecule has 1 aromatic carbocycles. The molecule has 3 aromatic rings. The Morgan fingerprint density at radius 1 is 1.25 bits per heavy atom.